The lowest BCUT2D eigenvalue weighted by Gasteiger charge is -2.63. The minimum absolute atomic E-state index is 0.0221. The lowest BCUT2D eigenvalue weighted by Crippen LogP contribution is -2.63. The van der Waals surface area contributed by atoms with E-state index >= 15 is 0 Å². The number of nitrogens with two attached hydrogens (primary N) is 1. The van der Waals surface area contributed by atoms with E-state index in [-0.39, 0.29) is 41.4 Å². The Morgan fingerprint density at radius 3 is 2.32 bits per heavy atom. The molecule has 0 spiro atoms. The molecule has 3 amide bonds. The molecular weight excluding hydrogens is 519 g/mol. The van der Waals surface area contributed by atoms with Gasteiger partial charge >= 0.3 is 7.12 Å². The highest BCUT2D eigenvalue weighted by molar-refractivity contribution is 6.47. The third-order valence-electron chi connectivity index (χ3n) is 9.26. The summed E-state index contributed by atoms with van der Waals surface area (Å²) < 4.78 is 13.0. The molecule has 0 unspecified atom stereocenters. The molecule has 0 radical (unpaired) electrons. The summed E-state index contributed by atoms with van der Waals surface area (Å²) in [5.41, 5.74) is 7.51. The summed E-state index contributed by atoms with van der Waals surface area (Å²) in [5, 5.41) is 8.49. The Bertz CT molecular complexity index is 1320. The predicted octanol–water partition coefficient (Wildman–Crippen LogP) is 4.05. The van der Waals surface area contributed by atoms with E-state index in [1.54, 1.807) is 48.5 Å². The summed E-state index contributed by atoms with van der Waals surface area (Å²) >= 11 is 0. The van der Waals surface area contributed by atoms with Crippen molar-refractivity contribution in [1.82, 2.24) is 10.6 Å². The standard InChI is InChI=1S/C31H41BN4O5/c1-18(2)14-25(32-40-27-22-15-21(30(22,3)4)16-31(27,5)41-32)36-26(37)17-34-28(38)19-10-12-20(13-11-19)29(39)35-24-9-7-6-8-23(24)33/h6-13,18,21-22,25,27H,14-17,33H2,1-5H3,(H,34,38)(H,35,39)(H,36,37)/t21-,22+,25+,27-,31+/m1/s1. The third kappa shape index (κ3) is 5.86. The molecule has 9 nitrogen and oxygen atoms in total. The number of carbonyl (C=O) groups is 3. The van der Waals surface area contributed by atoms with Gasteiger partial charge in [-0.05, 0) is 85.8 Å². The molecule has 1 saturated heterocycles. The normalized spacial score (nSPS) is 26.5. The molecule has 41 heavy (non-hydrogen) atoms. The second-order valence-corrected chi connectivity index (χ2v) is 13.0. The summed E-state index contributed by atoms with van der Waals surface area (Å²) in [6, 6.07) is 13.2. The van der Waals surface area contributed by atoms with Gasteiger partial charge in [-0.25, -0.2) is 0 Å². The van der Waals surface area contributed by atoms with Gasteiger partial charge in [0.25, 0.3) is 11.8 Å². The van der Waals surface area contributed by atoms with Crippen molar-refractivity contribution in [2.24, 2.45) is 23.2 Å². The molecule has 0 aromatic heterocycles. The smallest absolute Gasteiger partial charge is 0.404 e. The van der Waals surface area contributed by atoms with Crippen molar-refractivity contribution in [3.8, 4) is 0 Å². The van der Waals surface area contributed by atoms with E-state index in [9.17, 15) is 14.4 Å². The van der Waals surface area contributed by atoms with E-state index in [0.717, 1.165) is 6.42 Å². The fourth-order valence-electron chi connectivity index (χ4n) is 6.76. The first-order valence-electron chi connectivity index (χ1n) is 14.5. The molecule has 4 aliphatic rings. The minimum atomic E-state index is -0.521. The quantitative estimate of drug-likeness (QED) is 0.270. The zero-order chi connectivity index (χ0) is 29.5. The van der Waals surface area contributed by atoms with Gasteiger partial charge in [0.15, 0.2) is 0 Å². The number of amides is 3. The summed E-state index contributed by atoms with van der Waals surface area (Å²) in [6.07, 6.45) is 2.86. The molecule has 1 heterocycles. The molecule has 2 aromatic rings. The Hall–Kier alpha value is -3.37. The summed E-state index contributed by atoms with van der Waals surface area (Å²) in [4.78, 5) is 38.2. The molecular formula is C31H41BN4O5. The van der Waals surface area contributed by atoms with Gasteiger partial charge in [0.1, 0.15) is 0 Å². The van der Waals surface area contributed by atoms with E-state index in [4.69, 9.17) is 15.0 Å². The van der Waals surface area contributed by atoms with Gasteiger partial charge in [0.05, 0.1) is 35.6 Å². The molecule has 4 fully saturated rings. The third-order valence-corrected chi connectivity index (χ3v) is 9.26. The maximum atomic E-state index is 12.9. The lowest BCUT2D eigenvalue weighted by atomic mass is 9.45. The van der Waals surface area contributed by atoms with Crippen LogP contribution >= 0.6 is 0 Å². The number of benzene rings is 2. The van der Waals surface area contributed by atoms with Crippen molar-refractivity contribution in [2.45, 2.75) is 71.5 Å². The van der Waals surface area contributed by atoms with Crippen LogP contribution in [0, 0.1) is 23.2 Å². The van der Waals surface area contributed by atoms with Crippen LogP contribution in [0.2, 0.25) is 0 Å². The Morgan fingerprint density at radius 1 is 1.02 bits per heavy atom. The number of carbonyl (C=O) groups excluding carboxylic acids is 3. The van der Waals surface area contributed by atoms with Gasteiger partial charge in [-0.15, -0.1) is 0 Å². The first-order chi connectivity index (χ1) is 19.4. The van der Waals surface area contributed by atoms with Crippen LogP contribution in [-0.2, 0) is 14.1 Å². The van der Waals surface area contributed by atoms with Crippen LogP contribution in [0.1, 0.15) is 74.6 Å². The molecule has 1 aliphatic heterocycles. The van der Waals surface area contributed by atoms with Crippen LogP contribution < -0.4 is 21.7 Å². The zero-order valence-corrected chi connectivity index (χ0v) is 24.5. The fraction of sp³-hybridized carbons (Fsp3) is 0.516. The predicted molar refractivity (Wildman–Crippen MR) is 159 cm³/mol. The average molecular weight is 561 g/mol. The lowest BCUT2D eigenvalue weighted by molar-refractivity contribution is -0.185. The number of rotatable bonds is 9. The van der Waals surface area contributed by atoms with Crippen molar-refractivity contribution in [3.05, 3.63) is 59.7 Å². The maximum absolute atomic E-state index is 12.9. The highest BCUT2D eigenvalue weighted by atomic mass is 16.7. The highest BCUT2D eigenvalue weighted by Gasteiger charge is 2.67. The van der Waals surface area contributed by atoms with Crippen LogP contribution in [0.25, 0.3) is 0 Å². The van der Waals surface area contributed by atoms with Crippen molar-refractivity contribution in [2.75, 3.05) is 17.6 Å². The molecule has 3 saturated carbocycles. The number of nitrogens with one attached hydrogen (secondary N) is 3. The number of hydrogen-bond acceptors (Lipinski definition) is 6. The van der Waals surface area contributed by atoms with Gasteiger partial charge in [0, 0.05) is 11.1 Å². The molecule has 5 N–H and O–H groups in total. The maximum Gasteiger partial charge on any atom is 0.481 e. The van der Waals surface area contributed by atoms with Crippen LogP contribution in [0.4, 0.5) is 11.4 Å². The molecule has 2 aromatic carbocycles. The molecule has 218 valence electrons. The average Bonchev–Trinajstić information content (AvgIpc) is 3.30. The van der Waals surface area contributed by atoms with E-state index < -0.39 is 13.0 Å². The molecule has 10 heteroatoms. The Balaban J connectivity index is 1.15. The van der Waals surface area contributed by atoms with Crippen molar-refractivity contribution >= 4 is 36.2 Å². The van der Waals surface area contributed by atoms with Crippen molar-refractivity contribution in [3.63, 3.8) is 0 Å². The Labute approximate surface area is 242 Å². The molecule has 3 aliphatic carbocycles. The second kappa shape index (κ2) is 11.1. The SMILES string of the molecule is CC(C)C[C@H](NC(=O)CNC(=O)c1ccc(C(=O)Nc2ccccc2N)cc1)B1O[C@@H]2[C@@H]3C[C@H](C[C@]2(C)O1)C3(C)C. The molecule has 6 rings (SSSR count). The molecule has 2 bridgehead atoms. The number of nitrogen functional groups attached to an aromatic ring is 1. The summed E-state index contributed by atoms with van der Waals surface area (Å²) in [6.45, 7) is 10.8. The summed E-state index contributed by atoms with van der Waals surface area (Å²) in [7, 11) is -0.521. The Morgan fingerprint density at radius 2 is 1.68 bits per heavy atom. The van der Waals surface area contributed by atoms with Crippen LogP contribution in [0.5, 0.6) is 0 Å². The largest absolute Gasteiger partial charge is 0.481 e. The van der Waals surface area contributed by atoms with E-state index in [2.05, 4.69) is 50.6 Å². The monoisotopic (exact) mass is 560 g/mol. The van der Waals surface area contributed by atoms with Gasteiger partial charge in [-0.1, -0.05) is 39.8 Å². The number of anilines is 2. The van der Waals surface area contributed by atoms with Gasteiger partial charge in [0.2, 0.25) is 5.91 Å². The first-order valence-corrected chi connectivity index (χ1v) is 14.5. The topological polar surface area (TPSA) is 132 Å². The summed E-state index contributed by atoms with van der Waals surface area (Å²) in [5.74, 6) is 0.0352. The highest BCUT2D eigenvalue weighted by Crippen LogP contribution is 2.64. The van der Waals surface area contributed by atoms with Crippen molar-refractivity contribution < 1.29 is 23.7 Å². The van der Waals surface area contributed by atoms with Gasteiger partial charge < -0.3 is 31.0 Å². The van der Waals surface area contributed by atoms with Gasteiger partial charge in [-0.2, -0.15) is 0 Å². The minimum Gasteiger partial charge on any atom is -0.404 e. The fourth-order valence-corrected chi connectivity index (χ4v) is 6.76. The first kappa shape index (κ1) is 29.1. The molecule has 5 atom stereocenters. The second-order valence-electron chi connectivity index (χ2n) is 13.0. The van der Waals surface area contributed by atoms with Crippen molar-refractivity contribution in [1.29, 1.82) is 0 Å². The van der Waals surface area contributed by atoms with Crippen LogP contribution in [0.15, 0.2) is 48.5 Å². The van der Waals surface area contributed by atoms with Gasteiger partial charge in [-0.3, -0.25) is 14.4 Å². The Kier molecular flexibility index (Phi) is 7.91. The van der Waals surface area contributed by atoms with E-state index in [1.807, 2.05) is 0 Å². The van der Waals surface area contributed by atoms with E-state index in [1.165, 1.54) is 6.42 Å². The van der Waals surface area contributed by atoms with Crippen LogP contribution in [-0.4, -0.2) is 49.0 Å². The van der Waals surface area contributed by atoms with E-state index in [0.29, 0.717) is 46.7 Å². The number of para-hydroxylation sites is 2. The number of hydrogen-bond donors (Lipinski definition) is 4. The van der Waals surface area contributed by atoms with Crippen LogP contribution in [0.3, 0.4) is 0 Å². The zero-order valence-electron chi connectivity index (χ0n) is 24.5.